The fourth-order valence-corrected chi connectivity index (χ4v) is 1.85. The van der Waals surface area contributed by atoms with E-state index in [1.807, 2.05) is 19.9 Å². The van der Waals surface area contributed by atoms with Crippen molar-refractivity contribution in [2.45, 2.75) is 20.0 Å². The second kappa shape index (κ2) is 6.19. The summed E-state index contributed by atoms with van der Waals surface area (Å²) in [7, 11) is 1.52. The Bertz CT molecular complexity index is 608. The number of ketones is 1. The van der Waals surface area contributed by atoms with Crippen molar-refractivity contribution in [2.75, 3.05) is 7.11 Å². The molecule has 0 saturated heterocycles. The molecule has 2 rings (SSSR count). The number of methoxy groups -OCH3 is 1. The van der Waals surface area contributed by atoms with Crippen LogP contribution in [0.3, 0.4) is 0 Å². The molecule has 2 aromatic rings. The number of pyridine rings is 1. The van der Waals surface area contributed by atoms with Gasteiger partial charge in [0, 0.05) is 11.8 Å². The number of hydrogen-bond acceptors (Lipinski definition) is 4. The molecule has 1 aromatic carbocycles. The molecule has 0 N–H and O–H groups in total. The second-order valence-corrected chi connectivity index (χ2v) is 4.58. The highest BCUT2D eigenvalue weighted by Gasteiger charge is 2.16. The lowest BCUT2D eigenvalue weighted by Gasteiger charge is -2.11. The summed E-state index contributed by atoms with van der Waals surface area (Å²) in [5, 5.41) is 0. The highest BCUT2D eigenvalue weighted by atomic mass is 16.5. The smallest absolute Gasteiger partial charge is 0.215 e. The van der Waals surface area contributed by atoms with Crippen molar-refractivity contribution in [2.24, 2.45) is 0 Å². The van der Waals surface area contributed by atoms with Gasteiger partial charge >= 0.3 is 0 Å². The fourth-order valence-electron chi connectivity index (χ4n) is 1.85. The van der Waals surface area contributed by atoms with Gasteiger partial charge in [-0.2, -0.15) is 0 Å². The lowest BCUT2D eigenvalue weighted by molar-refractivity contribution is 0.103. The maximum absolute atomic E-state index is 12.5. The molecule has 104 valence electrons. The summed E-state index contributed by atoms with van der Waals surface area (Å²) in [6.45, 7) is 3.88. The van der Waals surface area contributed by atoms with Crippen LogP contribution in [-0.2, 0) is 0 Å². The minimum atomic E-state index is -0.184. The average molecular weight is 271 g/mol. The van der Waals surface area contributed by atoms with Gasteiger partial charge in [-0.1, -0.05) is 12.1 Å². The van der Waals surface area contributed by atoms with Gasteiger partial charge in [0.25, 0.3) is 0 Å². The van der Waals surface area contributed by atoms with Crippen molar-refractivity contribution >= 4 is 5.78 Å². The van der Waals surface area contributed by atoms with Crippen LogP contribution in [0.2, 0.25) is 0 Å². The summed E-state index contributed by atoms with van der Waals surface area (Å²) in [6.07, 6.45) is 1.63. The van der Waals surface area contributed by atoms with Gasteiger partial charge in [-0.15, -0.1) is 0 Å². The van der Waals surface area contributed by atoms with Gasteiger partial charge in [0.15, 0.2) is 5.69 Å². The Hall–Kier alpha value is -2.36. The van der Waals surface area contributed by atoms with E-state index in [0.29, 0.717) is 22.8 Å². The molecule has 0 fully saturated rings. The Balaban J connectivity index is 2.33. The number of ether oxygens (including phenoxy) is 2. The van der Waals surface area contributed by atoms with E-state index in [1.54, 1.807) is 36.5 Å². The molecule has 4 heteroatoms. The molecule has 0 aliphatic carbocycles. The minimum absolute atomic E-state index is 0.0599. The quantitative estimate of drug-likeness (QED) is 0.784. The first-order chi connectivity index (χ1) is 9.61. The monoisotopic (exact) mass is 271 g/mol. The van der Waals surface area contributed by atoms with E-state index in [2.05, 4.69) is 4.98 Å². The fraction of sp³-hybridized carbons (Fsp3) is 0.250. The number of rotatable bonds is 5. The van der Waals surface area contributed by atoms with Crippen LogP contribution in [0.5, 0.6) is 11.5 Å². The van der Waals surface area contributed by atoms with Gasteiger partial charge in [0.1, 0.15) is 11.5 Å². The highest BCUT2D eigenvalue weighted by molar-refractivity contribution is 6.09. The summed E-state index contributed by atoms with van der Waals surface area (Å²) >= 11 is 0. The number of aromatic nitrogens is 1. The average Bonchev–Trinajstić information content (AvgIpc) is 2.46. The van der Waals surface area contributed by atoms with E-state index in [-0.39, 0.29) is 11.9 Å². The SMILES string of the molecule is COc1cccnc1C(=O)c1cccc(OC(C)C)c1. The number of carbonyl (C=O) groups excluding carboxylic acids is 1. The maximum Gasteiger partial charge on any atom is 0.215 e. The van der Waals surface area contributed by atoms with Crippen LogP contribution in [-0.4, -0.2) is 24.0 Å². The molecular formula is C16H17NO3. The number of nitrogens with zero attached hydrogens (tertiary/aromatic N) is 1. The van der Waals surface area contributed by atoms with Crippen molar-refractivity contribution in [3.8, 4) is 11.5 Å². The predicted octanol–water partition coefficient (Wildman–Crippen LogP) is 3.11. The Morgan fingerprint density at radius 2 is 2.00 bits per heavy atom. The lowest BCUT2D eigenvalue weighted by Crippen LogP contribution is -2.08. The molecule has 0 bridgehead atoms. The van der Waals surface area contributed by atoms with Crippen LogP contribution in [0.15, 0.2) is 42.6 Å². The largest absolute Gasteiger partial charge is 0.494 e. The van der Waals surface area contributed by atoms with Gasteiger partial charge in [-0.25, -0.2) is 4.98 Å². The third-order valence-corrected chi connectivity index (χ3v) is 2.67. The zero-order valence-electron chi connectivity index (χ0n) is 11.8. The molecule has 4 nitrogen and oxygen atoms in total. The molecule has 0 atom stereocenters. The van der Waals surface area contributed by atoms with Gasteiger partial charge < -0.3 is 9.47 Å². The summed E-state index contributed by atoms with van der Waals surface area (Å²) in [5.41, 5.74) is 0.830. The molecule has 0 aliphatic heterocycles. The van der Waals surface area contributed by atoms with E-state index in [9.17, 15) is 4.79 Å². The van der Waals surface area contributed by atoms with Gasteiger partial charge in [-0.3, -0.25) is 4.79 Å². The Kier molecular flexibility index (Phi) is 4.35. The number of benzene rings is 1. The van der Waals surface area contributed by atoms with Crippen LogP contribution in [0.25, 0.3) is 0 Å². The molecule has 0 radical (unpaired) electrons. The Morgan fingerprint density at radius 1 is 1.20 bits per heavy atom. The third-order valence-electron chi connectivity index (χ3n) is 2.67. The van der Waals surface area contributed by atoms with E-state index in [4.69, 9.17) is 9.47 Å². The summed E-state index contributed by atoms with van der Waals surface area (Å²) in [5.74, 6) is 0.949. The van der Waals surface area contributed by atoms with Crippen molar-refractivity contribution in [1.29, 1.82) is 0 Å². The molecule has 20 heavy (non-hydrogen) atoms. The predicted molar refractivity (Wildman–Crippen MR) is 76.4 cm³/mol. The van der Waals surface area contributed by atoms with E-state index in [0.717, 1.165) is 0 Å². The molecule has 1 heterocycles. The highest BCUT2D eigenvalue weighted by Crippen LogP contribution is 2.21. The first-order valence-corrected chi connectivity index (χ1v) is 6.42. The Labute approximate surface area is 118 Å². The molecule has 1 aromatic heterocycles. The molecule has 0 aliphatic rings. The topological polar surface area (TPSA) is 48.4 Å². The van der Waals surface area contributed by atoms with Gasteiger partial charge in [0.05, 0.1) is 13.2 Å². The molecule has 0 amide bonds. The third kappa shape index (κ3) is 3.15. The van der Waals surface area contributed by atoms with Crippen LogP contribution in [0.4, 0.5) is 0 Å². The summed E-state index contributed by atoms with van der Waals surface area (Å²) in [4.78, 5) is 16.6. The number of hydrogen-bond donors (Lipinski definition) is 0. The van der Waals surface area contributed by atoms with E-state index < -0.39 is 0 Å². The maximum atomic E-state index is 12.5. The van der Waals surface area contributed by atoms with Crippen molar-refractivity contribution in [3.05, 3.63) is 53.9 Å². The van der Waals surface area contributed by atoms with Gasteiger partial charge in [-0.05, 0) is 38.1 Å². The van der Waals surface area contributed by atoms with Crippen LogP contribution in [0, 0.1) is 0 Å². The van der Waals surface area contributed by atoms with Crippen LogP contribution >= 0.6 is 0 Å². The summed E-state index contributed by atoms with van der Waals surface area (Å²) in [6, 6.07) is 10.5. The standard InChI is InChI=1S/C16H17NO3/c1-11(2)20-13-7-4-6-12(10-13)16(18)15-14(19-3)8-5-9-17-15/h4-11H,1-3H3. The first kappa shape index (κ1) is 14.1. The zero-order chi connectivity index (χ0) is 14.5. The van der Waals surface area contributed by atoms with Crippen molar-refractivity contribution in [3.63, 3.8) is 0 Å². The second-order valence-electron chi connectivity index (χ2n) is 4.58. The van der Waals surface area contributed by atoms with E-state index >= 15 is 0 Å². The zero-order valence-corrected chi connectivity index (χ0v) is 11.8. The molecule has 0 saturated carbocycles. The van der Waals surface area contributed by atoms with Gasteiger partial charge in [0.2, 0.25) is 5.78 Å². The number of carbonyl (C=O) groups is 1. The summed E-state index contributed by atoms with van der Waals surface area (Å²) < 4.78 is 10.8. The molecular weight excluding hydrogens is 254 g/mol. The molecule has 0 spiro atoms. The normalized spacial score (nSPS) is 10.4. The van der Waals surface area contributed by atoms with Crippen LogP contribution in [0.1, 0.15) is 29.9 Å². The first-order valence-electron chi connectivity index (χ1n) is 6.42. The Morgan fingerprint density at radius 3 is 2.70 bits per heavy atom. The van der Waals surface area contributed by atoms with Crippen molar-refractivity contribution in [1.82, 2.24) is 4.98 Å². The van der Waals surface area contributed by atoms with Crippen molar-refractivity contribution < 1.29 is 14.3 Å². The lowest BCUT2D eigenvalue weighted by atomic mass is 10.1. The molecule has 0 unspecified atom stereocenters. The van der Waals surface area contributed by atoms with E-state index in [1.165, 1.54) is 7.11 Å². The van der Waals surface area contributed by atoms with Crippen LogP contribution < -0.4 is 9.47 Å². The minimum Gasteiger partial charge on any atom is -0.494 e.